The fraction of sp³-hybridized carbons (Fsp3) is 0.667. The first-order chi connectivity index (χ1) is 7.83. The van der Waals surface area contributed by atoms with E-state index in [1.807, 2.05) is 19.1 Å². The maximum atomic E-state index is 10.1. The minimum Gasteiger partial charge on any atom is -0.468 e. The number of piperazine rings is 1. The normalized spacial score (nSPS) is 21.9. The molecule has 1 aromatic heterocycles. The van der Waals surface area contributed by atoms with E-state index >= 15 is 0 Å². The van der Waals surface area contributed by atoms with Crippen molar-refractivity contribution in [1.82, 2.24) is 10.2 Å². The summed E-state index contributed by atoms with van der Waals surface area (Å²) < 4.78 is 5.45. The van der Waals surface area contributed by atoms with Crippen molar-refractivity contribution < 1.29 is 9.52 Å². The molecular formula is C12H20N2O2. The lowest BCUT2D eigenvalue weighted by atomic mass is 10.0. The Labute approximate surface area is 96.2 Å². The molecule has 2 heterocycles. The molecule has 0 aromatic carbocycles. The van der Waals surface area contributed by atoms with Gasteiger partial charge in [-0.05, 0) is 18.6 Å². The Morgan fingerprint density at radius 2 is 2.25 bits per heavy atom. The van der Waals surface area contributed by atoms with E-state index in [9.17, 15) is 5.11 Å². The highest BCUT2D eigenvalue weighted by Crippen LogP contribution is 2.26. The molecule has 2 atom stereocenters. The molecule has 1 aliphatic rings. The van der Waals surface area contributed by atoms with E-state index in [0.29, 0.717) is 0 Å². The molecule has 1 aromatic rings. The van der Waals surface area contributed by atoms with Gasteiger partial charge in [0.25, 0.3) is 0 Å². The lowest BCUT2D eigenvalue weighted by Gasteiger charge is -2.36. The quantitative estimate of drug-likeness (QED) is 0.801. The molecule has 1 saturated heterocycles. The monoisotopic (exact) mass is 224 g/mol. The Bertz CT molecular complexity index is 294. The van der Waals surface area contributed by atoms with E-state index in [1.165, 1.54) is 0 Å². The molecule has 1 unspecified atom stereocenters. The van der Waals surface area contributed by atoms with Crippen LogP contribution in [0.3, 0.4) is 0 Å². The van der Waals surface area contributed by atoms with Crippen molar-refractivity contribution in [1.29, 1.82) is 0 Å². The molecule has 90 valence electrons. The number of rotatable bonds is 4. The third-order valence-electron chi connectivity index (χ3n) is 3.16. The Balaban J connectivity index is 2.13. The molecule has 0 bridgehead atoms. The van der Waals surface area contributed by atoms with Crippen molar-refractivity contribution in [2.24, 2.45) is 0 Å². The first-order valence-corrected chi connectivity index (χ1v) is 5.99. The molecular weight excluding hydrogens is 204 g/mol. The van der Waals surface area contributed by atoms with E-state index in [4.69, 9.17) is 4.42 Å². The number of furan rings is 1. The van der Waals surface area contributed by atoms with E-state index in [-0.39, 0.29) is 12.1 Å². The van der Waals surface area contributed by atoms with Crippen LogP contribution in [0.1, 0.15) is 25.1 Å². The largest absolute Gasteiger partial charge is 0.468 e. The summed E-state index contributed by atoms with van der Waals surface area (Å²) in [4.78, 5) is 2.30. The third kappa shape index (κ3) is 2.45. The fourth-order valence-corrected chi connectivity index (χ4v) is 2.26. The first kappa shape index (κ1) is 11.6. The van der Waals surface area contributed by atoms with Gasteiger partial charge in [0, 0.05) is 26.2 Å². The van der Waals surface area contributed by atoms with Crippen molar-refractivity contribution in [2.45, 2.75) is 25.5 Å². The molecule has 0 spiro atoms. The first-order valence-electron chi connectivity index (χ1n) is 5.99. The summed E-state index contributed by atoms with van der Waals surface area (Å²) in [6.07, 6.45) is 2.06. The second-order valence-corrected chi connectivity index (χ2v) is 4.22. The predicted octanol–water partition coefficient (Wildman–Crippen LogP) is 0.997. The molecule has 4 nitrogen and oxygen atoms in total. The van der Waals surface area contributed by atoms with Gasteiger partial charge in [0.15, 0.2) is 0 Å². The summed E-state index contributed by atoms with van der Waals surface area (Å²) in [5.74, 6) is 0.872. The van der Waals surface area contributed by atoms with Gasteiger partial charge in [-0.2, -0.15) is 0 Å². The van der Waals surface area contributed by atoms with Gasteiger partial charge in [0.1, 0.15) is 5.76 Å². The summed E-state index contributed by atoms with van der Waals surface area (Å²) in [5, 5.41) is 13.4. The number of hydrogen-bond acceptors (Lipinski definition) is 4. The second-order valence-electron chi connectivity index (χ2n) is 4.22. The van der Waals surface area contributed by atoms with Crippen LogP contribution in [0.25, 0.3) is 0 Å². The number of hydrogen-bond donors (Lipinski definition) is 2. The molecule has 2 N–H and O–H groups in total. The molecule has 1 fully saturated rings. The maximum absolute atomic E-state index is 10.1. The Kier molecular flexibility index (Phi) is 3.98. The van der Waals surface area contributed by atoms with Crippen molar-refractivity contribution in [3.63, 3.8) is 0 Å². The van der Waals surface area contributed by atoms with Gasteiger partial charge in [-0.25, -0.2) is 0 Å². The van der Waals surface area contributed by atoms with E-state index in [0.717, 1.165) is 38.4 Å². The minimum atomic E-state index is -0.357. The highest BCUT2D eigenvalue weighted by Gasteiger charge is 2.29. The van der Waals surface area contributed by atoms with Crippen LogP contribution in [0.5, 0.6) is 0 Å². The SMILES string of the molecule is CC[C@H](O)C(c1ccco1)N1CCNCC1. The smallest absolute Gasteiger partial charge is 0.123 e. The van der Waals surface area contributed by atoms with Crippen LogP contribution in [0.15, 0.2) is 22.8 Å². The van der Waals surface area contributed by atoms with Gasteiger partial charge in [-0.3, -0.25) is 4.90 Å². The van der Waals surface area contributed by atoms with Gasteiger partial charge in [-0.15, -0.1) is 0 Å². The highest BCUT2D eigenvalue weighted by atomic mass is 16.3. The highest BCUT2D eigenvalue weighted by molar-refractivity contribution is 5.07. The van der Waals surface area contributed by atoms with Crippen LogP contribution in [-0.2, 0) is 0 Å². The molecule has 0 saturated carbocycles. The fourth-order valence-electron chi connectivity index (χ4n) is 2.26. The molecule has 2 rings (SSSR count). The van der Waals surface area contributed by atoms with Crippen LogP contribution < -0.4 is 5.32 Å². The van der Waals surface area contributed by atoms with Crippen LogP contribution in [-0.4, -0.2) is 42.3 Å². The summed E-state index contributed by atoms with van der Waals surface area (Å²) in [6, 6.07) is 3.83. The average Bonchev–Trinajstić information content (AvgIpc) is 2.84. The van der Waals surface area contributed by atoms with Crippen LogP contribution >= 0.6 is 0 Å². The van der Waals surface area contributed by atoms with Crippen molar-refractivity contribution in [3.8, 4) is 0 Å². The van der Waals surface area contributed by atoms with Crippen LogP contribution in [0, 0.1) is 0 Å². The van der Waals surface area contributed by atoms with Gasteiger partial charge < -0.3 is 14.8 Å². The topological polar surface area (TPSA) is 48.6 Å². The van der Waals surface area contributed by atoms with Gasteiger partial charge in [0.2, 0.25) is 0 Å². The summed E-state index contributed by atoms with van der Waals surface area (Å²) in [7, 11) is 0. The second kappa shape index (κ2) is 5.48. The zero-order valence-corrected chi connectivity index (χ0v) is 9.72. The summed E-state index contributed by atoms with van der Waals surface area (Å²) in [5.41, 5.74) is 0. The summed E-state index contributed by atoms with van der Waals surface area (Å²) in [6.45, 7) is 5.88. The zero-order valence-electron chi connectivity index (χ0n) is 9.72. The van der Waals surface area contributed by atoms with Gasteiger partial charge >= 0.3 is 0 Å². The Morgan fingerprint density at radius 3 is 2.81 bits per heavy atom. The van der Waals surface area contributed by atoms with Crippen molar-refractivity contribution in [3.05, 3.63) is 24.2 Å². The van der Waals surface area contributed by atoms with E-state index in [2.05, 4.69) is 10.2 Å². The van der Waals surface area contributed by atoms with Gasteiger partial charge in [0.05, 0.1) is 18.4 Å². The molecule has 0 aliphatic carbocycles. The lowest BCUT2D eigenvalue weighted by molar-refractivity contribution is 0.0276. The molecule has 4 heteroatoms. The number of aliphatic hydroxyl groups is 1. The predicted molar refractivity (Wildman–Crippen MR) is 62.2 cm³/mol. The van der Waals surface area contributed by atoms with E-state index < -0.39 is 0 Å². The van der Waals surface area contributed by atoms with Gasteiger partial charge in [-0.1, -0.05) is 6.92 Å². The molecule has 0 radical (unpaired) electrons. The molecule has 16 heavy (non-hydrogen) atoms. The minimum absolute atomic E-state index is 0.00194. The standard InChI is InChI=1S/C12H20N2O2/c1-2-10(15)12(11-4-3-9-16-11)14-7-5-13-6-8-14/h3-4,9-10,12-13,15H,2,5-8H2,1H3/t10-,12?/m0/s1. The molecule has 1 aliphatic heterocycles. The average molecular weight is 224 g/mol. The summed E-state index contributed by atoms with van der Waals surface area (Å²) >= 11 is 0. The maximum Gasteiger partial charge on any atom is 0.123 e. The number of aliphatic hydroxyl groups excluding tert-OH is 1. The lowest BCUT2D eigenvalue weighted by Crippen LogP contribution is -2.47. The number of nitrogens with zero attached hydrogens (tertiary/aromatic N) is 1. The number of nitrogens with one attached hydrogen (secondary N) is 1. The zero-order chi connectivity index (χ0) is 11.4. The van der Waals surface area contributed by atoms with Crippen LogP contribution in [0.4, 0.5) is 0 Å². The third-order valence-corrected chi connectivity index (χ3v) is 3.16. The van der Waals surface area contributed by atoms with Crippen molar-refractivity contribution in [2.75, 3.05) is 26.2 Å². The Morgan fingerprint density at radius 1 is 1.50 bits per heavy atom. The van der Waals surface area contributed by atoms with Crippen LogP contribution in [0.2, 0.25) is 0 Å². The molecule has 0 amide bonds. The Hall–Kier alpha value is -0.840. The van der Waals surface area contributed by atoms with E-state index in [1.54, 1.807) is 6.26 Å². The van der Waals surface area contributed by atoms with Crippen molar-refractivity contribution >= 4 is 0 Å².